The highest BCUT2D eigenvalue weighted by Gasteiger charge is 2.26. The maximum absolute atomic E-state index is 11.8. The zero-order valence-corrected chi connectivity index (χ0v) is 11.5. The molecule has 3 N–H and O–H groups in total. The zero-order chi connectivity index (χ0) is 13.9. The molecule has 6 nitrogen and oxygen atoms in total. The average molecular weight is 255 g/mol. The second-order valence-corrected chi connectivity index (χ2v) is 5.28. The first-order valence-corrected chi connectivity index (χ1v) is 5.86. The normalized spacial score (nSPS) is 15.2. The van der Waals surface area contributed by atoms with Crippen molar-refractivity contribution in [2.75, 3.05) is 5.32 Å². The van der Waals surface area contributed by atoms with E-state index in [0.717, 1.165) is 0 Å². The van der Waals surface area contributed by atoms with Gasteiger partial charge in [-0.05, 0) is 34.6 Å². The van der Waals surface area contributed by atoms with E-state index in [1.165, 1.54) is 0 Å². The highest BCUT2D eigenvalue weighted by Crippen LogP contribution is 2.14. The van der Waals surface area contributed by atoms with Gasteiger partial charge >= 0.3 is 0 Å². The van der Waals surface area contributed by atoms with E-state index in [1.807, 2.05) is 20.8 Å². The van der Waals surface area contributed by atoms with Gasteiger partial charge in [-0.3, -0.25) is 10.1 Å². The molecule has 1 aromatic rings. The topological polar surface area (TPSA) is 90.4 Å². The summed E-state index contributed by atoms with van der Waals surface area (Å²) in [5.41, 5.74) is 6.17. The molecule has 1 amide bonds. The van der Waals surface area contributed by atoms with E-state index in [-0.39, 0.29) is 17.4 Å². The smallest absolute Gasteiger partial charge is 0.246 e. The fourth-order valence-electron chi connectivity index (χ4n) is 1.47. The first-order valence-electron chi connectivity index (χ1n) is 5.86. The summed E-state index contributed by atoms with van der Waals surface area (Å²) in [7, 11) is 0. The second kappa shape index (κ2) is 5.49. The van der Waals surface area contributed by atoms with E-state index >= 15 is 0 Å². The van der Waals surface area contributed by atoms with Crippen LogP contribution in [0.15, 0.2) is 10.6 Å². The molecule has 0 aromatic carbocycles. The molecule has 18 heavy (non-hydrogen) atoms. The van der Waals surface area contributed by atoms with E-state index in [4.69, 9.17) is 15.0 Å². The van der Waals surface area contributed by atoms with Gasteiger partial charge in [-0.2, -0.15) is 0 Å². The summed E-state index contributed by atoms with van der Waals surface area (Å²) in [6.45, 7) is 9.27. The Balaban J connectivity index is 2.56. The molecule has 0 unspecified atom stereocenters. The SMILES string of the molecule is Cc1cc(NC(=O)[C@@H](N)[C@@H](C)OC(C)(C)C)on1. The molecule has 102 valence electrons. The molecule has 0 saturated heterocycles. The standard InChI is InChI=1S/C12H21N3O3/c1-7-6-9(18-15-7)14-11(16)10(13)8(2)17-12(3,4)5/h6,8,10H,13H2,1-5H3,(H,14,16)/t8-,10+/m1/s1. The Morgan fingerprint density at radius 3 is 2.61 bits per heavy atom. The molecule has 0 aliphatic carbocycles. The molecule has 0 aliphatic heterocycles. The molecular formula is C12H21N3O3. The fraction of sp³-hybridized carbons (Fsp3) is 0.667. The van der Waals surface area contributed by atoms with Crippen LogP contribution in [-0.4, -0.2) is 28.8 Å². The number of anilines is 1. The lowest BCUT2D eigenvalue weighted by molar-refractivity contribution is -0.124. The summed E-state index contributed by atoms with van der Waals surface area (Å²) in [6.07, 6.45) is -0.394. The van der Waals surface area contributed by atoms with Crippen molar-refractivity contribution in [2.24, 2.45) is 5.73 Å². The van der Waals surface area contributed by atoms with Gasteiger partial charge in [-0.1, -0.05) is 5.16 Å². The summed E-state index contributed by atoms with van der Waals surface area (Å²) in [5, 5.41) is 6.23. The van der Waals surface area contributed by atoms with E-state index < -0.39 is 12.1 Å². The van der Waals surface area contributed by atoms with Crippen molar-refractivity contribution < 1.29 is 14.1 Å². The van der Waals surface area contributed by atoms with Gasteiger partial charge in [0.05, 0.1) is 17.4 Å². The number of rotatable bonds is 4. The second-order valence-electron chi connectivity index (χ2n) is 5.28. The first-order chi connectivity index (χ1) is 8.19. The highest BCUT2D eigenvalue weighted by atomic mass is 16.5. The number of aromatic nitrogens is 1. The van der Waals surface area contributed by atoms with Gasteiger partial charge in [0.1, 0.15) is 6.04 Å². The van der Waals surface area contributed by atoms with Crippen molar-refractivity contribution in [1.29, 1.82) is 0 Å². The number of carbonyl (C=O) groups excluding carboxylic acids is 1. The van der Waals surface area contributed by atoms with Crippen molar-refractivity contribution in [3.8, 4) is 0 Å². The van der Waals surface area contributed by atoms with Crippen LogP contribution in [0.3, 0.4) is 0 Å². The number of hydrogen-bond acceptors (Lipinski definition) is 5. The highest BCUT2D eigenvalue weighted by molar-refractivity contribution is 5.93. The lowest BCUT2D eigenvalue weighted by Gasteiger charge is -2.28. The molecule has 0 fully saturated rings. The number of hydrogen-bond donors (Lipinski definition) is 2. The van der Waals surface area contributed by atoms with Crippen molar-refractivity contribution in [3.63, 3.8) is 0 Å². The molecular weight excluding hydrogens is 234 g/mol. The third-order valence-corrected chi connectivity index (χ3v) is 2.22. The number of nitrogens with one attached hydrogen (secondary N) is 1. The van der Waals surface area contributed by atoms with Crippen LogP contribution in [0.4, 0.5) is 5.88 Å². The molecule has 1 heterocycles. The van der Waals surface area contributed by atoms with E-state index in [1.54, 1.807) is 19.9 Å². The number of aryl methyl sites for hydroxylation is 1. The Bertz CT molecular complexity index is 409. The Morgan fingerprint density at radius 1 is 1.56 bits per heavy atom. The molecule has 0 saturated carbocycles. The molecule has 0 aliphatic rings. The maximum Gasteiger partial charge on any atom is 0.246 e. The van der Waals surface area contributed by atoms with Crippen LogP contribution in [0, 0.1) is 6.92 Å². The van der Waals surface area contributed by atoms with Gasteiger partial charge in [0, 0.05) is 6.07 Å². The predicted molar refractivity (Wildman–Crippen MR) is 68.1 cm³/mol. The average Bonchev–Trinajstić information content (AvgIpc) is 2.60. The van der Waals surface area contributed by atoms with Crippen LogP contribution in [0.25, 0.3) is 0 Å². The minimum absolute atomic E-state index is 0.288. The molecule has 1 aromatic heterocycles. The molecule has 2 atom stereocenters. The maximum atomic E-state index is 11.8. The summed E-state index contributed by atoms with van der Waals surface area (Å²) in [5.74, 6) is -0.0705. The Hall–Kier alpha value is -1.40. The van der Waals surface area contributed by atoms with Gasteiger partial charge in [-0.25, -0.2) is 0 Å². The van der Waals surface area contributed by atoms with Gasteiger partial charge in [0.15, 0.2) is 0 Å². The van der Waals surface area contributed by atoms with Crippen molar-refractivity contribution in [3.05, 3.63) is 11.8 Å². The molecule has 6 heteroatoms. The third-order valence-electron chi connectivity index (χ3n) is 2.22. The van der Waals surface area contributed by atoms with Crippen LogP contribution >= 0.6 is 0 Å². The van der Waals surface area contributed by atoms with Crippen molar-refractivity contribution in [2.45, 2.75) is 52.4 Å². The molecule has 1 rings (SSSR count). The third kappa shape index (κ3) is 4.46. The van der Waals surface area contributed by atoms with Crippen LogP contribution in [0.2, 0.25) is 0 Å². The summed E-state index contributed by atoms with van der Waals surface area (Å²) in [4.78, 5) is 11.8. The van der Waals surface area contributed by atoms with Gasteiger partial charge < -0.3 is 15.0 Å². The monoisotopic (exact) mass is 255 g/mol. The van der Waals surface area contributed by atoms with E-state index in [9.17, 15) is 4.79 Å². The quantitative estimate of drug-likeness (QED) is 0.849. The van der Waals surface area contributed by atoms with Crippen LogP contribution in [0.5, 0.6) is 0 Å². The van der Waals surface area contributed by atoms with Crippen molar-refractivity contribution >= 4 is 11.8 Å². The first kappa shape index (κ1) is 14.7. The van der Waals surface area contributed by atoms with E-state index in [0.29, 0.717) is 5.69 Å². The number of carbonyl (C=O) groups is 1. The van der Waals surface area contributed by atoms with Gasteiger partial charge in [-0.15, -0.1) is 0 Å². The van der Waals surface area contributed by atoms with Crippen LogP contribution in [-0.2, 0) is 9.53 Å². The number of amides is 1. The zero-order valence-electron chi connectivity index (χ0n) is 11.5. The van der Waals surface area contributed by atoms with Crippen LogP contribution < -0.4 is 11.1 Å². The summed E-state index contributed by atoms with van der Waals surface area (Å²) < 4.78 is 10.5. The van der Waals surface area contributed by atoms with E-state index in [2.05, 4.69) is 10.5 Å². The summed E-state index contributed by atoms with van der Waals surface area (Å²) >= 11 is 0. The number of nitrogens with zero attached hydrogens (tertiary/aromatic N) is 1. The molecule has 0 radical (unpaired) electrons. The fourth-order valence-corrected chi connectivity index (χ4v) is 1.47. The molecule has 0 spiro atoms. The number of ether oxygens (including phenoxy) is 1. The lowest BCUT2D eigenvalue weighted by atomic mass is 10.1. The van der Waals surface area contributed by atoms with Crippen molar-refractivity contribution in [1.82, 2.24) is 5.16 Å². The summed E-state index contributed by atoms with van der Waals surface area (Å²) in [6, 6.07) is 0.856. The van der Waals surface area contributed by atoms with Gasteiger partial charge in [0.25, 0.3) is 0 Å². The largest absolute Gasteiger partial charge is 0.371 e. The Labute approximate surface area is 107 Å². The number of nitrogens with two attached hydrogens (primary N) is 1. The minimum Gasteiger partial charge on any atom is -0.371 e. The molecule has 0 bridgehead atoms. The predicted octanol–water partition coefficient (Wildman–Crippen LogP) is 1.45. The Morgan fingerprint density at radius 2 is 2.17 bits per heavy atom. The minimum atomic E-state index is -0.769. The Kier molecular flexibility index (Phi) is 4.48. The van der Waals surface area contributed by atoms with Gasteiger partial charge in [0.2, 0.25) is 11.8 Å². The van der Waals surface area contributed by atoms with Crippen LogP contribution in [0.1, 0.15) is 33.4 Å². The lowest BCUT2D eigenvalue weighted by Crippen LogP contribution is -2.47.